The Hall–Kier alpha value is -2.50. The van der Waals surface area contributed by atoms with Crippen LogP contribution in [0.15, 0.2) is 22.7 Å². The van der Waals surface area contributed by atoms with Crippen LogP contribution in [0, 0.1) is 6.92 Å². The molecule has 20 heavy (non-hydrogen) atoms. The first-order valence-corrected chi connectivity index (χ1v) is 6.09. The minimum atomic E-state index is -1.15. The molecule has 0 saturated carbocycles. The highest BCUT2D eigenvalue weighted by Gasteiger charge is 2.32. The van der Waals surface area contributed by atoms with Crippen LogP contribution >= 0.6 is 0 Å². The van der Waals surface area contributed by atoms with Crippen molar-refractivity contribution in [3.63, 3.8) is 0 Å². The zero-order valence-electron chi connectivity index (χ0n) is 11.3. The van der Waals surface area contributed by atoms with E-state index in [1.54, 1.807) is 6.07 Å². The van der Waals surface area contributed by atoms with Gasteiger partial charge in [-0.05, 0) is 24.6 Å². The monoisotopic (exact) mass is 275 g/mol. The van der Waals surface area contributed by atoms with Crippen LogP contribution in [0.5, 0.6) is 11.5 Å². The lowest BCUT2D eigenvalue weighted by atomic mass is 10.0. The molecule has 6 heteroatoms. The van der Waals surface area contributed by atoms with Crippen molar-refractivity contribution in [2.24, 2.45) is 0 Å². The Morgan fingerprint density at radius 2 is 1.85 bits per heavy atom. The largest absolute Gasteiger partial charge is 0.475 e. The average molecular weight is 275 g/mol. The van der Waals surface area contributed by atoms with Crippen molar-refractivity contribution >= 4 is 5.97 Å². The highest BCUT2D eigenvalue weighted by atomic mass is 16.7. The fourth-order valence-electron chi connectivity index (χ4n) is 2.15. The van der Waals surface area contributed by atoms with Crippen molar-refractivity contribution < 1.29 is 23.9 Å². The number of aromatic carboxylic acids is 1. The summed E-state index contributed by atoms with van der Waals surface area (Å²) in [6.45, 7) is 5.53. The molecular weight excluding hydrogens is 262 g/mol. The number of fused-ring (bicyclic) bond motifs is 1. The first-order chi connectivity index (χ1) is 9.35. The predicted octanol–water partition coefficient (Wildman–Crippen LogP) is 2.86. The molecule has 0 amide bonds. The third kappa shape index (κ3) is 1.99. The zero-order chi connectivity index (χ0) is 14.5. The summed E-state index contributed by atoms with van der Waals surface area (Å²) >= 11 is 0. The summed E-state index contributed by atoms with van der Waals surface area (Å²) in [6.07, 6.45) is 0. The van der Waals surface area contributed by atoms with Gasteiger partial charge in [-0.25, -0.2) is 4.79 Å². The van der Waals surface area contributed by atoms with Crippen molar-refractivity contribution in [1.29, 1.82) is 0 Å². The number of carbonyl (C=O) groups is 1. The van der Waals surface area contributed by atoms with E-state index in [9.17, 15) is 4.79 Å². The van der Waals surface area contributed by atoms with Gasteiger partial charge in [-0.2, -0.15) is 0 Å². The molecule has 1 aliphatic rings. The van der Waals surface area contributed by atoms with Gasteiger partial charge in [0.15, 0.2) is 11.5 Å². The number of carboxylic acids is 1. The maximum absolute atomic E-state index is 10.8. The van der Waals surface area contributed by atoms with E-state index in [0.29, 0.717) is 17.2 Å². The van der Waals surface area contributed by atoms with Gasteiger partial charge in [-0.15, -0.1) is 0 Å². The van der Waals surface area contributed by atoms with Crippen LogP contribution in [-0.2, 0) is 0 Å². The molecule has 1 aliphatic heterocycles. The molecule has 6 nitrogen and oxygen atoms in total. The van der Waals surface area contributed by atoms with Gasteiger partial charge in [-0.1, -0.05) is 5.16 Å². The third-order valence-electron chi connectivity index (χ3n) is 3.00. The van der Waals surface area contributed by atoms with Gasteiger partial charge in [0, 0.05) is 25.5 Å². The van der Waals surface area contributed by atoms with E-state index in [-0.39, 0.29) is 5.76 Å². The molecule has 0 atom stereocenters. The third-order valence-corrected chi connectivity index (χ3v) is 3.00. The molecule has 2 aromatic rings. The van der Waals surface area contributed by atoms with Crippen LogP contribution in [0.25, 0.3) is 11.3 Å². The second kappa shape index (κ2) is 4.00. The number of carboxylic acid groups (broad SMARTS) is 1. The molecule has 1 aromatic carbocycles. The SMILES string of the molecule is Cc1cc2c(cc1-c1cc(C(=O)O)on1)OC(C)(C)O2. The standard InChI is InChI=1S/C14H13NO5/c1-7-4-10-11(19-14(2,3)18-10)5-8(7)9-6-12(13(16)17)20-15-9/h4-6H,1-3H3,(H,16,17). The van der Waals surface area contributed by atoms with E-state index in [1.807, 2.05) is 26.8 Å². The number of aromatic nitrogens is 1. The maximum atomic E-state index is 10.8. The van der Waals surface area contributed by atoms with E-state index in [2.05, 4.69) is 5.16 Å². The molecule has 0 bridgehead atoms. The molecule has 3 rings (SSSR count). The van der Waals surface area contributed by atoms with Crippen LogP contribution in [0.1, 0.15) is 30.0 Å². The molecule has 0 unspecified atom stereocenters. The first kappa shape index (κ1) is 12.5. The van der Waals surface area contributed by atoms with Gasteiger partial charge in [0.2, 0.25) is 11.5 Å². The summed E-state index contributed by atoms with van der Waals surface area (Å²) in [5.74, 6) is -0.780. The predicted molar refractivity (Wildman–Crippen MR) is 69.0 cm³/mol. The fourth-order valence-corrected chi connectivity index (χ4v) is 2.15. The van der Waals surface area contributed by atoms with Crippen molar-refractivity contribution in [3.05, 3.63) is 29.5 Å². The van der Waals surface area contributed by atoms with E-state index in [4.69, 9.17) is 19.1 Å². The van der Waals surface area contributed by atoms with Crippen LogP contribution in [0.4, 0.5) is 0 Å². The zero-order valence-corrected chi connectivity index (χ0v) is 11.3. The van der Waals surface area contributed by atoms with Gasteiger partial charge in [0.05, 0.1) is 0 Å². The van der Waals surface area contributed by atoms with Gasteiger partial charge in [-0.3, -0.25) is 0 Å². The molecular formula is C14H13NO5. The van der Waals surface area contributed by atoms with Crippen molar-refractivity contribution in [2.45, 2.75) is 26.6 Å². The number of aryl methyl sites for hydroxylation is 1. The fraction of sp³-hybridized carbons (Fsp3) is 0.286. The van der Waals surface area contributed by atoms with Crippen LogP contribution in [0.3, 0.4) is 0 Å². The van der Waals surface area contributed by atoms with Gasteiger partial charge >= 0.3 is 5.97 Å². The van der Waals surface area contributed by atoms with E-state index < -0.39 is 11.8 Å². The Morgan fingerprint density at radius 3 is 2.45 bits per heavy atom. The summed E-state index contributed by atoms with van der Waals surface area (Å²) in [5.41, 5.74) is 2.10. The highest BCUT2D eigenvalue weighted by Crippen LogP contribution is 2.43. The summed E-state index contributed by atoms with van der Waals surface area (Å²) in [4.78, 5) is 10.8. The van der Waals surface area contributed by atoms with Gasteiger partial charge < -0.3 is 19.1 Å². The normalized spacial score (nSPS) is 15.3. The summed E-state index contributed by atoms with van der Waals surface area (Å²) in [5, 5.41) is 12.6. The second-order valence-electron chi connectivity index (χ2n) is 5.10. The van der Waals surface area contributed by atoms with Crippen molar-refractivity contribution in [1.82, 2.24) is 5.16 Å². The number of benzene rings is 1. The average Bonchev–Trinajstić information content (AvgIpc) is 2.90. The molecule has 0 aliphatic carbocycles. The number of hydrogen-bond acceptors (Lipinski definition) is 5. The van der Waals surface area contributed by atoms with Crippen molar-refractivity contribution in [2.75, 3.05) is 0 Å². The lowest BCUT2D eigenvalue weighted by Crippen LogP contribution is -2.29. The summed E-state index contributed by atoms with van der Waals surface area (Å²) < 4.78 is 16.1. The van der Waals surface area contributed by atoms with E-state index in [0.717, 1.165) is 11.1 Å². The minimum absolute atomic E-state index is 0.197. The first-order valence-electron chi connectivity index (χ1n) is 6.09. The van der Waals surface area contributed by atoms with Crippen LogP contribution in [-0.4, -0.2) is 22.0 Å². The Morgan fingerprint density at radius 1 is 1.20 bits per heavy atom. The lowest BCUT2D eigenvalue weighted by molar-refractivity contribution is -0.0431. The maximum Gasteiger partial charge on any atom is 0.374 e. The Balaban J connectivity index is 2.05. The summed E-state index contributed by atoms with van der Waals surface area (Å²) in [7, 11) is 0. The quantitative estimate of drug-likeness (QED) is 0.907. The Labute approximate surface area is 114 Å². The molecule has 0 fully saturated rings. The van der Waals surface area contributed by atoms with Crippen molar-refractivity contribution in [3.8, 4) is 22.8 Å². The lowest BCUT2D eigenvalue weighted by Gasteiger charge is -2.16. The number of hydrogen-bond donors (Lipinski definition) is 1. The molecule has 0 radical (unpaired) electrons. The number of ether oxygens (including phenoxy) is 2. The number of nitrogens with zero attached hydrogens (tertiary/aromatic N) is 1. The van der Waals surface area contributed by atoms with E-state index >= 15 is 0 Å². The molecule has 0 saturated heterocycles. The molecule has 2 heterocycles. The molecule has 0 spiro atoms. The molecule has 104 valence electrons. The Bertz CT molecular complexity index is 702. The second-order valence-corrected chi connectivity index (χ2v) is 5.10. The molecule has 1 N–H and O–H groups in total. The number of rotatable bonds is 2. The van der Waals surface area contributed by atoms with E-state index in [1.165, 1.54) is 6.07 Å². The molecule has 1 aromatic heterocycles. The van der Waals surface area contributed by atoms with Crippen LogP contribution in [0.2, 0.25) is 0 Å². The topological polar surface area (TPSA) is 81.8 Å². The Kier molecular flexibility index (Phi) is 2.50. The van der Waals surface area contributed by atoms with Gasteiger partial charge in [0.25, 0.3) is 0 Å². The highest BCUT2D eigenvalue weighted by molar-refractivity contribution is 5.86. The smallest absolute Gasteiger partial charge is 0.374 e. The minimum Gasteiger partial charge on any atom is -0.475 e. The summed E-state index contributed by atoms with van der Waals surface area (Å²) in [6, 6.07) is 5.01. The van der Waals surface area contributed by atoms with Crippen LogP contribution < -0.4 is 9.47 Å². The van der Waals surface area contributed by atoms with Gasteiger partial charge in [0.1, 0.15) is 5.69 Å².